The predicted molar refractivity (Wildman–Crippen MR) is 69.3 cm³/mol. The van der Waals surface area contributed by atoms with Crippen molar-refractivity contribution in [2.45, 2.75) is 32.7 Å². The summed E-state index contributed by atoms with van der Waals surface area (Å²) >= 11 is 0. The van der Waals surface area contributed by atoms with Gasteiger partial charge in [-0.3, -0.25) is 14.5 Å². The average molecular weight is 256 g/mol. The lowest BCUT2D eigenvalue weighted by atomic mass is 9.93. The maximum absolute atomic E-state index is 11.9. The molecule has 0 aromatic heterocycles. The molecule has 2 atom stereocenters. The van der Waals surface area contributed by atoms with E-state index in [-0.39, 0.29) is 17.9 Å². The van der Waals surface area contributed by atoms with Gasteiger partial charge in [0.05, 0.1) is 12.6 Å². The highest BCUT2D eigenvalue weighted by molar-refractivity contribution is 5.84. The van der Waals surface area contributed by atoms with E-state index in [2.05, 4.69) is 10.2 Å². The molecule has 5 nitrogen and oxygen atoms in total. The van der Waals surface area contributed by atoms with Crippen LogP contribution in [0.25, 0.3) is 0 Å². The third-order valence-electron chi connectivity index (χ3n) is 3.58. The van der Waals surface area contributed by atoms with E-state index < -0.39 is 0 Å². The quantitative estimate of drug-likeness (QED) is 0.701. The third kappa shape index (κ3) is 4.07. The summed E-state index contributed by atoms with van der Waals surface area (Å²) in [5, 5.41) is 2.83. The minimum absolute atomic E-state index is 0.0104. The van der Waals surface area contributed by atoms with Crippen LogP contribution < -0.4 is 5.32 Å². The van der Waals surface area contributed by atoms with Gasteiger partial charge >= 0.3 is 0 Å². The zero-order valence-electron chi connectivity index (χ0n) is 11.6. The second-order valence-corrected chi connectivity index (χ2v) is 4.78. The molecule has 1 heterocycles. The molecule has 1 N–H and O–H groups in total. The Hall–Kier alpha value is -0.940. The van der Waals surface area contributed by atoms with Crippen molar-refractivity contribution in [2.75, 3.05) is 33.4 Å². The number of likely N-dealkylation sites (tertiary alicyclic amines) is 1. The third-order valence-corrected chi connectivity index (χ3v) is 3.58. The molecular formula is C13H24N2O3. The van der Waals surface area contributed by atoms with Crippen LogP contribution in [0, 0.1) is 5.92 Å². The van der Waals surface area contributed by atoms with Gasteiger partial charge in [0.1, 0.15) is 5.78 Å². The van der Waals surface area contributed by atoms with Crippen molar-refractivity contribution in [2.24, 2.45) is 5.92 Å². The van der Waals surface area contributed by atoms with Crippen LogP contribution in [0.1, 0.15) is 26.7 Å². The van der Waals surface area contributed by atoms with Gasteiger partial charge in [-0.25, -0.2) is 0 Å². The Morgan fingerprint density at radius 1 is 1.61 bits per heavy atom. The van der Waals surface area contributed by atoms with Crippen LogP contribution >= 0.6 is 0 Å². The number of hydrogen-bond donors (Lipinski definition) is 1. The van der Waals surface area contributed by atoms with Gasteiger partial charge in [0.2, 0.25) is 5.91 Å². The summed E-state index contributed by atoms with van der Waals surface area (Å²) in [5.41, 5.74) is 0. The summed E-state index contributed by atoms with van der Waals surface area (Å²) in [6.07, 6.45) is 1.42. The van der Waals surface area contributed by atoms with Crippen molar-refractivity contribution in [3.05, 3.63) is 0 Å². The molecule has 1 aliphatic rings. The molecule has 1 amide bonds. The number of amides is 1. The first-order valence-corrected chi connectivity index (χ1v) is 6.63. The van der Waals surface area contributed by atoms with Gasteiger partial charge in [-0.1, -0.05) is 6.92 Å². The van der Waals surface area contributed by atoms with Gasteiger partial charge in [0, 0.05) is 39.1 Å². The fourth-order valence-electron chi connectivity index (χ4n) is 2.23. The summed E-state index contributed by atoms with van der Waals surface area (Å²) in [7, 11) is 1.61. The van der Waals surface area contributed by atoms with Gasteiger partial charge in [-0.2, -0.15) is 0 Å². The van der Waals surface area contributed by atoms with Gasteiger partial charge in [-0.15, -0.1) is 0 Å². The minimum atomic E-state index is -0.177. The summed E-state index contributed by atoms with van der Waals surface area (Å²) in [5.74, 6) is 0.435. The van der Waals surface area contributed by atoms with Crippen LogP contribution in [-0.2, 0) is 14.3 Å². The molecule has 1 fully saturated rings. The van der Waals surface area contributed by atoms with Crippen LogP contribution in [0.5, 0.6) is 0 Å². The molecule has 0 radical (unpaired) electrons. The molecule has 104 valence electrons. The lowest BCUT2D eigenvalue weighted by Gasteiger charge is -2.34. The van der Waals surface area contributed by atoms with Crippen LogP contribution in [-0.4, -0.2) is 56.0 Å². The van der Waals surface area contributed by atoms with Crippen LogP contribution in [0.4, 0.5) is 0 Å². The molecule has 1 rings (SSSR count). The Bertz CT molecular complexity index is 294. The Labute approximate surface area is 109 Å². The van der Waals surface area contributed by atoms with Crippen LogP contribution in [0.15, 0.2) is 0 Å². The van der Waals surface area contributed by atoms with Gasteiger partial charge in [0.25, 0.3) is 0 Å². The van der Waals surface area contributed by atoms with Crippen molar-refractivity contribution in [3.63, 3.8) is 0 Å². The number of hydrogen-bond acceptors (Lipinski definition) is 4. The predicted octanol–water partition coefficient (Wildman–Crippen LogP) is 0.439. The maximum atomic E-state index is 11.9. The number of methoxy groups -OCH3 is 1. The first kappa shape index (κ1) is 15.1. The fourth-order valence-corrected chi connectivity index (χ4v) is 2.23. The van der Waals surface area contributed by atoms with E-state index in [0.717, 1.165) is 6.42 Å². The molecule has 0 bridgehead atoms. The standard InChI is InChI=1S/C13H24N2O3/c1-4-11-9-15(7-5-12(11)16)10(2)13(17)14-6-8-18-3/h10-11H,4-9H2,1-3H3,(H,14,17). The smallest absolute Gasteiger partial charge is 0.237 e. The first-order valence-electron chi connectivity index (χ1n) is 6.63. The second kappa shape index (κ2) is 7.48. The van der Waals surface area contributed by atoms with Gasteiger partial charge < -0.3 is 10.1 Å². The lowest BCUT2D eigenvalue weighted by molar-refractivity contribution is -0.132. The summed E-state index contributed by atoms with van der Waals surface area (Å²) in [4.78, 5) is 25.6. The van der Waals surface area contributed by atoms with Crippen molar-refractivity contribution < 1.29 is 14.3 Å². The monoisotopic (exact) mass is 256 g/mol. The molecule has 0 aliphatic carbocycles. The largest absolute Gasteiger partial charge is 0.383 e. The highest BCUT2D eigenvalue weighted by atomic mass is 16.5. The normalized spacial score (nSPS) is 22.8. The number of carbonyl (C=O) groups is 2. The molecule has 0 aromatic rings. The highest BCUT2D eigenvalue weighted by Crippen LogP contribution is 2.18. The number of Topliss-reactive ketones (excluding diaryl/α,β-unsaturated/α-hetero) is 1. The molecule has 0 saturated carbocycles. The summed E-state index contributed by atoms with van der Waals surface area (Å²) in [6, 6.07) is -0.177. The highest BCUT2D eigenvalue weighted by Gasteiger charge is 2.30. The molecular weight excluding hydrogens is 232 g/mol. The summed E-state index contributed by atoms with van der Waals surface area (Å²) < 4.78 is 4.89. The van der Waals surface area contributed by atoms with Crippen molar-refractivity contribution >= 4 is 11.7 Å². The number of nitrogens with one attached hydrogen (secondary N) is 1. The van der Waals surface area contributed by atoms with E-state index in [1.807, 2.05) is 13.8 Å². The molecule has 1 aliphatic heterocycles. The molecule has 0 spiro atoms. The minimum Gasteiger partial charge on any atom is -0.383 e. The number of carbonyl (C=O) groups excluding carboxylic acids is 2. The molecule has 5 heteroatoms. The number of piperidine rings is 1. The lowest BCUT2D eigenvalue weighted by Crippen LogP contribution is -2.51. The maximum Gasteiger partial charge on any atom is 0.237 e. The second-order valence-electron chi connectivity index (χ2n) is 4.78. The van der Waals surface area contributed by atoms with Gasteiger partial charge in [0.15, 0.2) is 0 Å². The summed E-state index contributed by atoms with van der Waals surface area (Å²) in [6.45, 7) is 6.36. The Kier molecular flexibility index (Phi) is 6.29. The Balaban J connectivity index is 2.43. The first-order chi connectivity index (χ1) is 8.60. The molecule has 0 aromatic carbocycles. The van der Waals surface area contributed by atoms with E-state index in [4.69, 9.17) is 4.74 Å². The SMILES string of the molecule is CCC1CN(C(C)C(=O)NCCOC)CCC1=O. The van der Waals surface area contributed by atoms with Crippen LogP contribution in [0.3, 0.4) is 0 Å². The van der Waals surface area contributed by atoms with E-state index in [1.54, 1.807) is 7.11 Å². The van der Waals surface area contributed by atoms with Crippen LogP contribution in [0.2, 0.25) is 0 Å². The fraction of sp³-hybridized carbons (Fsp3) is 0.846. The van der Waals surface area contributed by atoms with E-state index >= 15 is 0 Å². The number of nitrogens with zero attached hydrogens (tertiary/aromatic N) is 1. The molecule has 2 unspecified atom stereocenters. The topological polar surface area (TPSA) is 58.6 Å². The van der Waals surface area contributed by atoms with Crippen molar-refractivity contribution in [1.29, 1.82) is 0 Å². The number of ether oxygens (including phenoxy) is 1. The van der Waals surface area contributed by atoms with E-state index in [0.29, 0.717) is 38.4 Å². The molecule has 18 heavy (non-hydrogen) atoms. The zero-order chi connectivity index (χ0) is 13.5. The Morgan fingerprint density at radius 2 is 2.33 bits per heavy atom. The van der Waals surface area contributed by atoms with E-state index in [1.165, 1.54) is 0 Å². The Morgan fingerprint density at radius 3 is 2.94 bits per heavy atom. The number of ketones is 1. The molecule has 1 saturated heterocycles. The number of rotatable bonds is 6. The zero-order valence-corrected chi connectivity index (χ0v) is 11.6. The van der Waals surface area contributed by atoms with Crippen molar-refractivity contribution in [3.8, 4) is 0 Å². The van der Waals surface area contributed by atoms with Gasteiger partial charge in [-0.05, 0) is 13.3 Å². The van der Waals surface area contributed by atoms with E-state index in [9.17, 15) is 9.59 Å². The average Bonchev–Trinajstić information content (AvgIpc) is 2.38. The van der Waals surface area contributed by atoms with Crippen molar-refractivity contribution in [1.82, 2.24) is 10.2 Å².